The second kappa shape index (κ2) is 5.29. The number of hydrogen-bond donors (Lipinski definition) is 1. The minimum atomic E-state index is -4.31. The van der Waals surface area contributed by atoms with E-state index in [0.717, 1.165) is 12.1 Å². The van der Waals surface area contributed by atoms with Gasteiger partial charge in [0.15, 0.2) is 5.82 Å². The normalized spacial score (nSPS) is 11.6. The van der Waals surface area contributed by atoms with Gasteiger partial charge in [-0.2, -0.15) is 18.2 Å². The highest BCUT2D eigenvalue weighted by Crippen LogP contribution is 2.29. The van der Waals surface area contributed by atoms with E-state index in [-0.39, 0.29) is 0 Å². The maximum atomic E-state index is 12.3. The average Bonchev–Trinajstić information content (AvgIpc) is 2.75. The molecular weight excluding hydrogens is 259 g/mol. The monoisotopic (exact) mass is 271 g/mol. The quantitative estimate of drug-likeness (QED) is 0.928. The van der Waals surface area contributed by atoms with Crippen molar-refractivity contribution in [2.75, 3.05) is 11.9 Å². The van der Waals surface area contributed by atoms with Crippen LogP contribution in [0.5, 0.6) is 0 Å². The Hall–Kier alpha value is -2.05. The lowest BCUT2D eigenvalue weighted by Crippen LogP contribution is -2.07. The van der Waals surface area contributed by atoms with Gasteiger partial charge in [0.25, 0.3) is 0 Å². The molecule has 1 aromatic carbocycles. The summed E-state index contributed by atoms with van der Waals surface area (Å²) in [5.41, 5.74) is -0.0465. The molecule has 0 radical (unpaired) electrons. The fourth-order valence-electron chi connectivity index (χ4n) is 1.53. The molecule has 0 bridgehead atoms. The fraction of sp³-hybridized carbons (Fsp3) is 0.333. The fourth-order valence-corrected chi connectivity index (χ4v) is 1.53. The number of halogens is 3. The Morgan fingerprint density at radius 3 is 2.42 bits per heavy atom. The summed E-state index contributed by atoms with van der Waals surface area (Å²) in [6.07, 6.45) is -3.79. The Morgan fingerprint density at radius 1 is 1.21 bits per heavy atom. The van der Waals surface area contributed by atoms with Gasteiger partial charge in [0.1, 0.15) is 0 Å². The summed E-state index contributed by atoms with van der Waals surface area (Å²) in [6, 6.07) is 4.86. The Morgan fingerprint density at radius 2 is 1.89 bits per heavy atom. The lowest BCUT2D eigenvalue weighted by Gasteiger charge is -2.08. The molecule has 0 spiro atoms. The molecule has 0 saturated carbocycles. The summed E-state index contributed by atoms with van der Waals surface area (Å²) in [4.78, 5) is 4.02. The molecule has 1 N–H and O–H groups in total. The number of benzene rings is 1. The van der Waals surface area contributed by atoms with Gasteiger partial charge in [-0.05, 0) is 31.2 Å². The van der Waals surface area contributed by atoms with Gasteiger partial charge in [-0.3, -0.25) is 0 Å². The summed E-state index contributed by atoms with van der Waals surface area (Å²) in [5.74, 6) is 1.06. The zero-order valence-electron chi connectivity index (χ0n) is 10.2. The molecule has 102 valence electrons. The molecule has 0 fully saturated rings. The highest BCUT2D eigenvalue weighted by Gasteiger charge is 2.29. The molecule has 0 amide bonds. The zero-order valence-corrected chi connectivity index (χ0v) is 10.2. The van der Waals surface area contributed by atoms with Crippen LogP contribution in [0, 0.1) is 6.92 Å². The SMILES string of the molecule is Cc1noc(CCNc2ccc(C(F)(F)F)cc2)n1. The summed E-state index contributed by atoms with van der Waals surface area (Å²) in [7, 11) is 0. The highest BCUT2D eigenvalue weighted by molar-refractivity contribution is 5.45. The lowest BCUT2D eigenvalue weighted by atomic mass is 10.2. The van der Waals surface area contributed by atoms with Crippen LogP contribution in [0.2, 0.25) is 0 Å². The maximum Gasteiger partial charge on any atom is 0.416 e. The summed E-state index contributed by atoms with van der Waals surface area (Å²) in [5, 5.41) is 6.63. The summed E-state index contributed by atoms with van der Waals surface area (Å²) < 4.78 is 42.0. The van der Waals surface area contributed by atoms with Crippen molar-refractivity contribution in [3.8, 4) is 0 Å². The molecule has 0 saturated heterocycles. The van der Waals surface area contributed by atoms with Crippen LogP contribution < -0.4 is 5.32 Å². The Kier molecular flexibility index (Phi) is 3.73. The lowest BCUT2D eigenvalue weighted by molar-refractivity contribution is -0.137. The number of aryl methyl sites for hydroxylation is 1. The third-order valence-electron chi connectivity index (χ3n) is 2.45. The van der Waals surface area contributed by atoms with Crippen molar-refractivity contribution < 1.29 is 17.7 Å². The number of anilines is 1. The Balaban J connectivity index is 1.86. The van der Waals surface area contributed by atoms with Crippen molar-refractivity contribution in [3.63, 3.8) is 0 Å². The van der Waals surface area contributed by atoms with Gasteiger partial charge in [-0.15, -0.1) is 0 Å². The standard InChI is InChI=1S/C12H12F3N3O/c1-8-17-11(19-18-8)6-7-16-10-4-2-9(3-5-10)12(13,14)15/h2-5,16H,6-7H2,1H3. The van der Waals surface area contributed by atoms with E-state index in [2.05, 4.69) is 15.5 Å². The van der Waals surface area contributed by atoms with E-state index in [1.165, 1.54) is 12.1 Å². The number of hydrogen-bond acceptors (Lipinski definition) is 4. The first kappa shape index (κ1) is 13.4. The molecule has 4 nitrogen and oxygen atoms in total. The maximum absolute atomic E-state index is 12.3. The first-order chi connectivity index (χ1) is 8.95. The predicted molar refractivity (Wildman–Crippen MR) is 62.7 cm³/mol. The molecule has 0 aliphatic rings. The molecule has 0 aliphatic carbocycles. The van der Waals surface area contributed by atoms with E-state index in [9.17, 15) is 13.2 Å². The molecule has 7 heteroatoms. The van der Waals surface area contributed by atoms with Crippen molar-refractivity contribution in [3.05, 3.63) is 41.5 Å². The van der Waals surface area contributed by atoms with E-state index in [1.807, 2.05) is 0 Å². The third kappa shape index (κ3) is 3.70. The van der Waals surface area contributed by atoms with E-state index in [0.29, 0.717) is 30.4 Å². The van der Waals surface area contributed by atoms with Crippen molar-refractivity contribution in [1.29, 1.82) is 0 Å². The molecule has 0 atom stereocenters. The number of rotatable bonds is 4. The van der Waals surface area contributed by atoms with Crippen molar-refractivity contribution in [1.82, 2.24) is 10.1 Å². The van der Waals surface area contributed by atoms with E-state index >= 15 is 0 Å². The van der Waals surface area contributed by atoms with Crippen LogP contribution >= 0.6 is 0 Å². The van der Waals surface area contributed by atoms with Gasteiger partial charge >= 0.3 is 6.18 Å². The van der Waals surface area contributed by atoms with Crippen molar-refractivity contribution in [2.45, 2.75) is 19.5 Å². The van der Waals surface area contributed by atoms with Crippen LogP contribution in [0.3, 0.4) is 0 Å². The number of aromatic nitrogens is 2. The molecule has 2 rings (SSSR count). The van der Waals surface area contributed by atoms with Gasteiger partial charge in [0.2, 0.25) is 5.89 Å². The van der Waals surface area contributed by atoms with Crippen LogP contribution in [0.25, 0.3) is 0 Å². The van der Waals surface area contributed by atoms with Crippen LogP contribution in [-0.4, -0.2) is 16.7 Å². The van der Waals surface area contributed by atoms with Crippen LogP contribution in [0.4, 0.5) is 18.9 Å². The minimum Gasteiger partial charge on any atom is -0.385 e. The Labute approximate surface area is 107 Å². The van der Waals surface area contributed by atoms with Gasteiger partial charge in [-0.25, -0.2) is 0 Å². The zero-order chi connectivity index (χ0) is 13.9. The number of alkyl halides is 3. The Bertz CT molecular complexity index is 534. The van der Waals surface area contributed by atoms with Gasteiger partial charge in [-0.1, -0.05) is 5.16 Å². The topological polar surface area (TPSA) is 51.0 Å². The molecule has 2 aromatic rings. The largest absolute Gasteiger partial charge is 0.416 e. The van der Waals surface area contributed by atoms with E-state index in [1.54, 1.807) is 6.92 Å². The second-order valence-electron chi connectivity index (χ2n) is 3.99. The van der Waals surface area contributed by atoms with Crippen molar-refractivity contribution in [2.24, 2.45) is 0 Å². The summed E-state index contributed by atoms with van der Waals surface area (Å²) in [6.45, 7) is 2.23. The third-order valence-corrected chi connectivity index (χ3v) is 2.45. The first-order valence-corrected chi connectivity index (χ1v) is 5.65. The minimum absolute atomic E-state index is 0.497. The first-order valence-electron chi connectivity index (χ1n) is 5.65. The summed E-state index contributed by atoms with van der Waals surface area (Å²) >= 11 is 0. The number of nitrogens with zero attached hydrogens (tertiary/aromatic N) is 2. The van der Waals surface area contributed by atoms with Crippen LogP contribution in [0.1, 0.15) is 17.3 Å². The van der Waals surface area contributed by atoms with Crippen molar-refractivity contribution >= 4 is 5.69 Å². The van der Waals surface area contributed by atoms with E-state index < -0.39 is 11.7 Å². The van der Waals surface area contributed by atoms with Crippen LogP contribution in [-0.2, 0) is 12.6 Å². The average molecular weight is 271 g/mol. The van der Waals surface area contributed by atoms with Crippen LogP contribution in [0.15, 0.2) is 28.8 Å². The van der Waals surface area contributed by atoms with Gasteiger partial charge < -0.3 is 9.84 Å². The van der Waals surface area contributed by atoms with E-state index in [4.69, 9.17) is 4.52 Å². The van der Waals surface area contributed by atoms with Gasteiger partial charge in [0.05, 0.1) is 5.56 Å². The predicted octanol–water partition coefficient (Wildman–Crippen LogP) is 3.05. The van der Waals surface area contributed by atoms with Gasteiger partial charge in [0, 0.05) is 18.7 Å². The molecule has 1 heterocycles. The highest BCUT2D eigenvalue weighted by atomic mass is 19.4. The number of nitrogens with one attached hydrogen (secondary N) is 1. The molecule has 0 aliphatic heterocycles. The smallest absolute Gasteiger partial charge is 0.385 e. The molecule has 1 aromatic heterocycles. The second-order valence-corrected chi connectivity index (χ2v) is 3.99. The molecular formula is C12H12F3N3O. The molecule has 0 unspecified atom stereocenters. The molecule has 19 heavy (non-hydrogen) atoms.